The van der Waals surface area contributed by atoms with Gasteiger partial charge in [0.15, 0.2) is 0 Å². The van der Waals surface area contributed by atoms with Crippen LogP contribution < -0.4 is 4.90 Å². The van der Waals surface area contributed by atoms with Crippen LogP contribution in [-0.4, -0.2) is 61.4 Å². The second-order valence-electron chi connectivity index (χ2n) is 8.12. The molecule has 2 aromatic carbocycles. The van der Waals surface area contributed by atoms with E-state index in [1.807, 2.05) is 66.5 Å². The molecule has 0 radical (unpaired) electrons. The fourth-order valence-electron chi connectivity index (χ4n) is 4.75. The van der Waals surface area contributed by atoms with E-state index in [2.05, 4.69) is 11.8 Å². The number of fused-ring (bicyclic) bond motifs is 1. The molecule has 0 aliphatic carbocycles. The number of hydrogen-bond acceptors (Lipinski definition) is 3. The maximum absolute atomic E-state index is 13.6. The van der Waals surface area contributed by atoms with Gasteiger partial charge in [0.1, 0.15) is 0 Å². The number of para-hydroxylation sites is 1. The number of carbonyl (C=O) groups excluding carboxylic acids is 2. The Morgan fingerprint density at radius 2 is 1.62 bits per heavy atom. The van der Waals surface area contributed by atoms with Gasteiger partial charge in [0.25, 0.3) is 0 Å². The summed E-state index contributed by atoms with van der Waals surface area (Å²) in [5.74, 6) is 0.0956. The normalized spacial score (nSPS) is 22.1. The van der Waals surface area contributed by atoms with Crippen molar-refractivity contribution < 1.29 is 9.59 Å². The second-order valence-corrected chi connectivity index (χ2v) is 8.12. The van der Waals surface area contributed by atoms with Gasteiger partial charge >= 0.3 is 0 Å². The first-order valence-corrected chi connectivity index (χ1v) is 10.5. The zero-order valence-corrected chi connectivity index (χ0v) is 17.3. The van der Waals surface area contributed by atoms with Gasteiger partial charge in [0.05, 0.1) is 5.41 Å². The van der Waals surface area contributed by atoms with Gasteiger partial charge in [-0.2, -0.15) is 0 Å². The van der Waals surface area contributed by atoms with E-state index in [-0.39, 0.29) is 18.2 Å². The number of nitrogens with zero attached hydrogens (tertiary/aromatic N) is 3. The molecule has 152 valence electrons. The van der Waals surface area contributed by atoms with Crippen LogP contribution in [0.3, 0.4) is 0 Å². The van der Waals surface area contributed by atoms with Crippen LogP contribution >= 0.6 is 0 Å². The van der Waals surface area contributed by atoms with E-state index < -0.39 is 5.41 Å². The maximum Gasteiger partial charge on any atom is 0.238 e. The molecular formula is C24H29N3O2. The topological polar surface area (TPSA) is 43.9 Å². The fourth-order valence-corrected chi connectivity index (χ4v) is 4.75. The highest BCUT2D eigenvalue weighted by molar-refractivity contribution is 6.09. The average Bonchev–Trinajstić information content (AvgIpc) is 2.97. The van der Waals surface area contributed by atoms with Gasteiger partial charge in [-0.1, -0.05) is 55.5 Å². The molecule has 4 rings (SSSR count). The second kappa shape index (κ2) is 7.99. The monoisotopic (exact) mass is 391 g/mol. The van der Waals surface area contributed by atoms with Crippen LogP contribution in [0.5, 0.6) is 0 Å². The largest absolute Gasteiger partial charge is 0.340 e. The molecule has 2 amide bonds. The van der Waals surface area contributed by atoms with Crippen molar-refractivity contribution in [3.63, 3.8) is 0 Å². The van der Waals surface area contributed by atoms with E-state index >= 15 is 0 Å². The highest BCUT2D eigenvalue weighted by Gasteiger charge is 2.51. The molecule has 1 unspecified atom stereocenters. The number of piperazine rings is 1. The molecule has 2 heterocycles. The molecule has 0 N–H and O–H groups in total. The summed E-state index contributed by atoms with van der Waals surface area (Å²) in [6, 6.07) is 18.0. The Balaban J connectivity index is 1.67. The lowest BCUT2D eigenvalue weighted by molar-refractivity contribution is -0.137. The summed E-state index contributed by atoms with van der Waals surface area (Å²) in [5.41, 5.74) is 2.12. The lowest BCUT2D eigenvalue weighted by atomic mass is 9.73. The van der Waals surface area contributed by atoms with Crippen molar-refractivity contribution in [1.29, 1.82) is 0 Å². The highest BCUT2D eigenvalue weighted by Crippen LogP contribution is 2.45. The Labute approximate surface area is 172 Å². The van der Waals surface area contributed by atoms with Crippen LogP contribution in [-0.2, 0) is 21.4 Å². The quantitative estimate of drug-likeness (QED) is 0.787. The van der Waals surface area contributed by atoms with Gasteiger partial charge in [-0.15, -0.1) is 0 Å². The van der Waals surface area contributed by atoms with E-state index in [9.17, 15) is 9.59 Å². The lowest BCUT2D eigenvalue weighted by Gasteiger charge is -2.36. The standard InChI is InChI=1S/C24H29N3O2/c1-3-26-13-15-27(16-14-26)22(28)18-24(17-19-9-5-4-6-10-19)20-11-7-8-12-21(20)25(2)23(24)29/h4-12H,3,13-18H2,1-2H3. The van der Waals surface area contributed by atoms with Crippen LogP contribution in [0.1, 0.15) is 24.5 Å². The average molecular weight is 392 g/mol. The smallest absolute Gasteiger partial charge is 0.238 e. The SMILES string of the molecule is CCN1CCN(C(=O)CC2(Cc3ccccc3)C(=O)N(C)c3ccccc32)CC1. The molecule has 0 bridgehead atoms. The summed E-state index contributed by atoms with van der Waals surface area (Å²) in [6.45, 7) is 6.43. The van der Waals surface area contributed by atoms with Gasteiger partial charge in [-0.05, 0) is 30.2 Å². The summed E-state index contributed by atoms with van der Waals surface area (Å²) in [6.07, 6.45) is 0.753. The number of hydrogen-bond donors (Lipinski definition) is 0. The predicted octanol–water partition coefficient (Wildman–Crippen LogP) is 2.70. The lowest BCUT2D eigenvalue weighted by Crippen LogP contribution is -2.51. The third-order valence-electron chi connectivity index (χ3n) is 6.47. The van der Waals surface area contributed by atoms with E-state index in [1.54, 1.807) is 4.90 Å². The molecule has 2 aliphatic rings. The van der Waals surface area contributed by atoms with E-state index in [0.717, 1.165) is 49.5 Å². The zero-order valence-electron chi connectivity index (χ0n) is 17.3. The Hall–Kier alpha value is -2.66. The summed E-state index contributed by atoms with van der Waals surface area (Å²) >= 11 is 0. The van der Waals surface area contributed by atoms with Crippen molar-refractivity contribution in [2.45, 2.75) is 25.2 Å². The summed E-state index contributed by atoms with van der Waals surface area (Å²) < 4.78 is 0. The van der Waals surface area contributed by atoms with Crippen molar-refractivity contribution in [3.8, 4) is 0 Å². The molecule has 0 spiro atoms. The molecule has 2 aromatic rings. The number of amides is 2. The fraction of sp³-hybridized carbons (Fsp3) is 0.417. The number of rotatable bonds is 5. The molecule has 2 aliphatic heterocycles. The molecular weight excluding hydrogens is 362 g/mol. The van der Waals surface area contributed by atoms with Crippen LogP contribution in [0.25, 0.3) is 0 Å². The van der Waals surface area contributed by atoms with Crippen molar-refractivity contribution in [2.24, 2.45) is 0 Å². The molecule has 1 fully saturated rings. The summed E-state index contributed by atoms with van der Waals surface area (Å²) in [5, 5.41) is 0. The summed E-state index contributed by atoms with van der Waals surface area (Å²) in [7, 11) is 1.82. The zero-order chi connectivity index (χ0) is 20.4. The highest BCUT2D eigenvalue weighted by atomic mass is 16.2. The molecule has 5 heteroatoms. The van der Waals surface area contributed by atoms with Crippen molar-refractivity contribution in [2.75, 3.05) is 44.7 Å². The van der Waals surface area contributed by atoms with Gasteiger partial charge in [-0.25, -0.2) is 0 Å². The minimum Gasteiger partial charge on any atom is -0.340 e. The van der Waals surface area contributed by atoms with Crippen molar-refractivity contribution in [3.05, 3.63) is 65.7 Å². The first kappa shape index (κ1) is 19.6. The van der Waals surface area contributed by atoms with Gasteiger partial charge in [-0.3, -0.25) is 9.59 Å². The van der Waals surface area contributed by atoms with Crippen LogP contribution in [0, 0.1) is 0 Å². The predicted molar refractivity (Wildman–Crippen MR) is 115 cm³/mol. The van der Waals surface area contributed by atoms with E-state index in [1.165, 1.54) is 0 Å². The Morgan fingerprint density at radius 3 is 2.31 bits per heavy atom. The molecule has 29 heavy (non-hydrogen) atoms. The number of anilines is 1. The Morgan fingerprint density at radius 1 is 0.966 bits per heavy atom. The molecule has 1 atom stereocenters. The van der Waals surface area contributed by atoms with Gasteiger partial charge in [0.2, 0.25) is 11.8 Å². The van der Waals surface area contributed by atoms with Crippen molar-refractivity contribution in [1.82, 2.24) is 9.80 Å². The number of benzene rings is 2. The first-order valence-electron chi connectivity index (χ1n) is 10.5. The van der Waals surface area contributed by atoms with Crippen LogP contribution in [0.15, 0.2) is 54.6 Å². The molecule has 0 aromatic heterocycles. The molecule has 1 saturated heterocycles. The van der Waals surface area contributed by atoms with Gasteiger partial charge in [0, 0.05) is 45.3 Å². The number of carbonyl (C=O) groups is 2. The Bertz CT molecular complexity index is 890. The summed E-state index contributed by atoms with van der Waals surface area (Å²) in [4.78, 5) is 32.9. The molecule has 5 nitrogen and oxygen atoms in total. The first-order chi connectivity index (χ1) is 14.0. The number of likely N-dealkylation sites (N-methyl/N-ethyl adjacent to an activating group) is 2. The Kier molecular flexibility index (Phi) is 5.41. The van der Waals surface area contributed by atoms with Crippen molar-refractivity contribution >= 4 is 17.5 Å². The maximum atomic E-state index is 13.6. The van der Waals surface area contributed by atoms with E-state index in [0.29, 0.717) is 6.42 Å². The van der Waals surface area contributed by atoms with E-state index in [4.69, 9.17) is 0 Å². The third kappa shape index (κ3) is 3.55. The van der Waals surface area contributed by atoms with Crippen LogP contribution in [0.4, 0.5) is 5.69 Å². The third-order valence-corrected chi connectivity index (χ3v) is 6.47. The molecule has 0 saturated carbocycles. The minimum absolute atomic E-state index is 0.0168. The minimum atomic E-state index is -0.842. The van der Waals surface area contributed by atoms with Gasteiger partial charge < -0.3 is 14.7 Å². The van der Waals surface area contributed by atoms with Crippen LogP contribution in [0.2, 0.25) is 0 Å².